The molecule has 0 spiro atoms. The number of rotatable bonds is 3. The number of nitrogens with zero attached hydrogens (tertiary/aromatic N) is 1. The lowest BCUT2D eigenvalue weighted by molar-refractivity contribution is 1.01. The van der Waals surface area contributed by atoms with Crippen LogP contribution in [0.3, 0.4) is 0 Å². The first-order chi connectivity index (χ1) is 8.03. The zero-order valence-electron chi connectivity index (χ0n) is 10.7. The molecule has 0 unspecified atom stereocenters. The molecule has 0 heterocycles. The van der Waals surface area contributed by atoms with Crippen molar-refractivity contribution in [3.8, 4) is 6.07 Å². The first-order valence-electron chi connectivity index (χ1n) is 6.17. The first kappa shape index (κ1) is 12.1. The molecule has 3 atom stereocenters. The molecular formula is C15H19NSi. The summed E-state index contributed by atoms with van der Waals surface area (Å²) < 4.78 is 0. The van der Waals surface area contributed by atoms with Crippen molar-refractivity contribution >= 4 is 8.07 Å². The fourth-order valence-corrected chi connectivity index (χ4v) is 3.04. The zero-order chi connectivity index (χ0) is 12.5. The average Bonchev–Trinajstić information content (AvgIpc) is 3.00. The highest BCUT2D eigenvalue weighted by molar-refractivity contribution is 6.80. The fraction of sp³-hybridized carbons (Fsp3) is 0.400. The van der Waals surface area contributed by atoms with Gasteiger partial charge in [-0.2, -0.15) is 5.26 Å². The van der Waals surface area contributed by atoms with Gasteiger partial charge in [-0.15, -0.1) is 0 Å². The Bertz CT molecular complexity index is 450. The van der Waals surface area contributed by atoms with Gasteiger partial charge in [0.1, 0.15) is 0 Å². The van der Waals surface area contributed by atoms with E-state index in [2.05, 4.69) is 61.8 Å². The Morgan fingerprint density at radius 1 is 1.18 bits per heavy atom. The van der Waals surface area contributed by atoms with E-state index in [1.54, 1.807) is 0 Å². The Kier molecular flexibility index (Phi) is 3.21. The Balaban J connectivity index is 2.12. The fourth-order valence-electron chi connectivity index (χ4n) is 2.24. The van der Waals surface area contributed by atoms with Gasteiger partial charge in [0.05, 0.1) is 20.1 Å². The van der Waals surface area contributed by atoms with E-state index in [4.69, 9.17) is 5.26 Å². The minimum absolute atomic E-state index is 0.185. The summed E-state index contributed by atoms with van der Waals surface area (Å²) in [5.41, 5.74) is 3.68. The Morgan fingerprint density at radius 2 is 1.82 bits per heavy atom. The van der Waals surface area contributed by atoms with Crippen molar-refractivity contribution in [3.63, 3.8) is 0 Å². The highest BCUT2D eigenvalue weighted by Gasteiger charge is 2.49. The molecule has 0 aromatic heterocycles. The Hall–Kier alpha value is -1.33. The van der Waals surface area contributed by atoms with Crippen LogP contribution >= 0.6 is 0 Å². The molecule has 1 aliphatic carbocycles. The Morgan fingerprint density at radius 3 is 2.35 bits per heavy atom. The molecule has 88 valence electrons. The normalized spacial score (nSPS) is 28.0. The molecule has 0 radical (unpaired) electrons. The van der Waals surface area contributed by atoms with Crippen LogP contribution in [0.1, 0.15) is 11.5 Å². The van der Waals surface area contributed by atoms with Crippen molar-refractivity contribution in [1.82, 2.24) is 0 Å². The highest BCUT2D eigenvalue weighted by Crippen LogP contribution is 2.54. The van der Waals surface area contributed by atoms with Crippen molar-refractivity contribution in [2.45, 2.75) is 25.6 Å². The third-order valence-corrected chi connectivity index (χ3v) is 4.42. The van der Waals surface area contributed by atoms with Crippen molar-refractivity contribution in [2.75, 3.05) is 0 Å². The summed E-state index contributed by atoms with van der Waals surface area (Å²) in [7, 11) is -1.14. The second-order valence-corrected chi connectivity index (χ2v) is 11.0. The third-order valence-electron chi connectivity index (χ3n) is 3.23. The monoisotopic (exact) mass is 241 g/mol. The van der Waals surface area contributed by atoms with Gasteiger partial charge in [-0.1, -0.05) is 61.7 Å². The molecule has 0 aliphatic heterocycles. The summed E-state index contributed by atoms with van der Waals surface area (Å²) >= 11 is 0. The van der Waals surface area contributed by atoms with Crippen LogP contribution in [-0.4, -0.2) is 8.07 Å². The summed E-state index contributed by atoms with van der Waals surface area (Å²) in [5.74, 6) is 1.05. The van der Waals surface area contributed by atoms with Gasteiger partial charge in [-0.3, -0.25) is 0 Å². The molecule has 1 nitrogen and oxygen atoms in total. The van der Waals surface area contributed by atoms with Gasteiger partial charge < -0.3 is 0 Å². The maximum Gasteiger partial charge on any atom is 0.0683 e. The van der Waals surface area contributed by atoms with Gasteiger partial charge in [0.15, 0.2) is 0 Å². The van der Waals surface area contributed by atoms with Crippen molar-refractivity contribution < 1.29 is 0 Å². The van der Waals surface area contributed by atoms with Gasteiger partial charge in [-0.05, 0) is 5.56 Å². The molecule has 1 aromatic rings. The molecule has 2 heteroatoms. The quantitative estimate of drug-likeness (QED) is 0.734. The number of hydrogen-bond acceptors (Lipinski definition) is 1. The standard InChI is InChI=1S/C15H19NSi/c1-17(2,3)10-9-13-14(11-16)15(13)12-7-5-4-6-8-12/h4-10,13-15H,1-3H3/b10-9+/t13-,14-,15-/m0/s1. The van der Waals surface area contributed by atoms with Crippen LogP contribution in [0.4, 0.5) is 0 Å². The Labute approximate surface area is 105 Å². The summed E-state index contributed by atoms with van der Waals surface area (Å²) in [6, 6.07) is 12.9. The summed E-state index contributed by atoms with van der Waals surface area (Å²) in [5, 5.41) is 9.17. The lowest BCUT2D eigenvalue weighted by atomic mass is 10.1. The van der Waals surface area contributed by atoms with Gasteiger partial charge in [0, 0.05) is 11.8 Å². The predicted molar refractivity (Wildman–Crippen MR) is 74.3 cm³/mol. The molecule has 0 amide bonds. The molecular weight excluding hydrogens is 222 g/mol. The van der Waals surface area contributed by atoms with E-state index in [0.717, 1.165) is 0 Å². The van der Waals surface area contributed by atoms with Gasteiger partial charge in [-0.25, -0.2) is 0 Å². The molecule has 1 fully saturated rings. The van der Waals surface area contributed by atoms with Gasteiger partial charge >= 0.3 is 0 Å². The second kappa shape index (κ2) is 4.50. The van der Waals surface area contributed by atoms with E-state index in [9.17, 15) is 0 Å². The molecule has 0 bridgehead atoms. The largest absolute Gasteiger partial charge is 0.198 e. The number of nitriles is 1. The molecule has 1 saturated carbocycles. The van der Waals surface area contributed by atoms with Crippen LogP contribution in [0.25, 0.3) is 0 Å². The van der Waals surface area contributed by atoms with Crippen LogP contribution in [0.5, 0.6) is 0 Å². The van der Waals surface area contributed by atoms with E-state index < -0.39 is 8.07 Å². The van der Waals surface area contributed by atoms with Crippen LogP contribution in [-0.2, 0) is 0 Å². The third kappa shape index (κ3) is 2.86. The van der Waals surface area contributed by atoms with Gasteiger partial charge in [0.2, 0.25) is 0 Å². The zero-order valence-corrected chi connectivity index (χ0v) is 11.7. The lowest BCUT2D eigenvalue weighted by Crippen LogP contribution is -2.15. The van der Waals surface area contributed by atoms with E-state index in [-0.39, 0.29) is 5.92 Å². The van der Waals surface area contributed by atoms with Crippen molar-refractivity contribution in [1.29, 1.82) is 5.26 Å². The second-order valence-electron chi connectivity index (χ2n) is 5.89. The summed E-state index contributed by atoms with van der Waals surface area (Å²) in [4.78, 5) is 0. The molecule has 0 N–H and O–H groups in total. The van der Waals surface area contributed by atoms with Crippen LogP contribution in [0.15, 0.2) is 42.1 Å². The van der Waals surface area contributed by atoms with Crippen LogP contribution < -0.4 is 0 Å². The van der Waals surface area contributed by atoms with Crippen molar-refractivity contribution in [3.05, 3.63) is 47.7 Å². The van der Waals surface area contributed by atoms with Crippen LogP contribution in [0, 0.1) is 23.2 Å². The average molecular weight is 241 g/mol. The molecule has 1 aliphatic rings. The molecule has 0 saturated heterocycles. The van der Waals surface area contributed by atoms with E-state index in [1.165, 1.54) is 5.56 Å². The number of allylic oxidation sites excluding steroid dienone is 1. The molecule has 1 aromatic carbocycles. The van der Waals surface area contributed by atoms with Crippen LogP contribution in [0.2, 0.25) is 19.6 Å². The SMILES string of the molecule is C[Si](C)(C)/C=C/[C@H]1[C@H](C#N)[C@H]1c1ccccc1. The van der Waals surface area contributed by atoms with Gasteiger partial charge in [0.25, 0.3) is 0 Å². The van der Waals surface area contributed by atoms with E-state index in [1.807, 2.05) is 6.07 Å². The maximum absolute atomic E-state index is 9.17. The van der Waals surface area contributed by atoms with E-state index in [0.29, 0.717) is 11.8 Å². The smallest absolute Gasteiger partial charge is 0.0683 e. The highest BCUT2D eigenvalue weighted by atomic mass is 28.3. The minimum atomic E-state index is -1.14. The summed E-state index contributed by atoms with van der Waals surface area (Å²) in [6.07, 6.45) is 2.29. The predicted octanol–water partition coefficient (Wildman–Crippen LogP) is 3.97. The minimum Gasteiger partial charge on any atom is -0.198 e. The molecule has 17 heavy (non-hydrogen) atoms. The maximum atomic E-state index is 9.17. The topological polar surface area (TPSA) is 23.8 Å². The number of benzene rings is 1. The van der Waals surface area contributed by atoms with E-state index >= 15 is 0 Å². The first-order valence-corrected chi connectivity index (χ1v) is 9.74. The lowest BCUT2D eigenvalue weighted by Gasteiger charge is -2.07. The number of hydrogen-bond donors (Lipinski definition) is 0. The summed E-state index contributed by atoms with van der Waals surface area (Å²) in [6.45, 7) is 6.97. The molecule has 2 rings (SSSR count). The van der Waals surface area contributed by atoms with Crippen molar-refractivity contribution in [2.24, 2.45) is 11.8 Å².